The van der Waals surface area contributed by atoms with Crippen molar-refractivity contribution in [2.24, 2.45) is 5.10 Å². The van der Waals surface area contributed by atoms with Gasteiger partial charge in [-0.15, -0.1) is 10.2 Å². The summed E-state index contributed by atoms with van der Waals surface area (Å²) < 4.78 is 12.4. The van der Waals surface area contributed by atoms with Crippen LogP contribution in [0.2, 0.25) is 5.02 Å². The number of nitrogens with zero attached hydrogens (tertiary/aromatic N) is 4. The summed E-state index contributed by atoms with van der Waals surface area (Å²) in [6.45, 7) is 1.74. The minimum absolute atomic E-state index is 0.326. The Labute approximate surface area is 142 Å². The molecule has 0 amide bonds. The van der Waals surface area contributed by atoms with Crippen molar-refractivity contribution in [2.45, 2.75) is 6.92 Å². The molecule has 2 aromatic heterocycles. The molecule has 0 bridgehead atoms. The molecule has 0 saturated carbocycles. The molecular weight excluding hydrogens is 332 g/mol. The van der Waals surface area contributed by atoms with E-state index in [1.165, 1.54) is 10.9 Å². The number of anilines is 1. The number of nitrogens with one attached hydrogen (secondary N) is 1. The Kier molecular flexibility index (Phi) is 4.39. The third-order valence-electron chi connectivity index (χ3n) is 3.28. The third kappa shape index (κ3) is 3.18. The van der Waals surface area contributed by atoms with Crippen molar-refractivity contribution in [3.05, 3.63) is 46.9 Å². The SMILES string of the molecule is COc1ccc(Cl)cc1-c1ccc(/C=N\Nc2nnc(C)n2N)o1. The smallest absolute Gasteiger partial charge is 0.263 e. The highest BCUT2D eigenvalue weighted by Crippen LogP contribution is 2.33. The number of nitrogen functional groups attached to an aromatic ring is 1. The topological polar surface area (TPSA) is 103 Å². The van der Waals surface area contributed by atoms with Crippen molar-refractivity contribution in [2.75, 3.05) is 18.4 Å². The standard InChI is InChI=1S/C15H15ClN6O2/c1-9-19-21-15(22(9)17)20-18-8-11-4-6-14(24-11)12-7-10(16)3-5-13(12)23-2/h3-8H,17H2,1-2H3,(H,20,21)/b18-8-. The van der Waals surface area contributed by atoms with Gasteiger partial charge in [0.1, 0.15) is 17.3 Å². The fourth-order valence-electron chi connectivity index (χ4n) is 2.04. The second-order valence-corrected chi connectivity index (χ2v) is 5.29. The summed E-state index contributed by atoms with van der Waals surface area (Å²) in [5, 5.41) is 12.3. The Hall–Kier alpha value is -3.00. The summed E-state index contributed by atoms with van der Waals surface area (Å²) in [7, 11) is 1.59. The number of benzene rings is 1. The van der Waals surface area contributed by atoms with Crippen LogP contribution in [-0.4, -0.2) is 28.2 Å². The molecule has 8 nitrogen and oxygen atoms in total. The first kappa shape index (κ1) is 15.9. The van der Waals surface area contributed by atoms with Crippen LogP contribution < -0.4 is 16.0 Å². The predicted molar refractivity (Wildman–Crippen MR) is 91.8 cm³/mol. The van der Waals surface area contributed by atoms with Crippen LogP contribution in [0.15, 0.2) is 39.9 Å². The summed E-state index contributed by atoms with van der Waals surface area (Å²) in [4.78, 5) is 0. The number of aromatic nitrogens is 3. The van der Waals surface area contributed by atoms with Gasteiger partial charge in [-0.2, -0.15) is 5.10 Å². The number of hydrogen-bond donors (Lipinski definition) is 2. The highest BCUT2D eigenvalue weighted by atomic mass is 35.5. The molecule has 24 heavy (non-hydrogen) atoms. The van der Waals surface area contributed by atoms with Crippen molar-refractivity contribution in [3.8, 4) is 17.1 Å². The van der Waals surface area contributed by atoms with Gasteiger partial charge in [0.25, 0.3) is 5.95 Å². The number of hydrazone groups is 1. The van der Waals surface area contributed by atoms with Crippen LogP contribution in [-0.2, 0) is 0 Å². The summed E-state index contributed by atoms with van der Waals surface area (Å²) in [6, 6.07) is 8.90. The van der Waals surface area contributed by atoms with E-state index in [0.29, 0.717) is 34.1 Å². The number of rotatable bonds is 5. The van der Waals surface area contributed by atoms with Crippen LogP contribution in [0.5, 0.6) is 5.75 Å². The lowest BCUT2D eigenvalue weighted by Crippen LogP contribution is -2.13. The fraction of sp³-hybridized carbons (Fsp3) is 0.133. The molecule has 1 aromatic carbocycles. The van der Waals surface area contributed by atoms with E-state index in [1.807, 2.05) is 6.07 Å². The monoisotopic (exact) mass is 346 g/mol. The molecule has 2 heterocycles. The Balaban J connectivity index is 1.77. The molecular formula is C15H15ClN6O2. The van der Waals surface area contributed by atoms with E-state index in [-0.39, 0.29) is 0 Å². The molecule has 0 aliphatic heterocycles. The largest absolute Gasteiger partial charge is 0.496 e. The number of nitrogens with two attached hydrogens (primary N) is 1. The van der Waals surface area contributed by atoms with E-state index >= 15 is 0 Å². The van der Waals surface area contributed by atoms with Gasteiger partial charge < -0.3 is 15.0 Å². The molecule has 3 N–H and O–H groups in total. The van der Waals surface area contributed by atoms with Crippen molar-refractivity contribution in [1.82, 2.24) is 14.9 Å². The van der Waals surface area contributed by atoms with Gasteiger partial charge in [0.05, 0.1) is 18.9 Å². The van der Waals surface area contributed by atoms with Crippen LogP contribution in [0.3, 0.4) is 0 Å². The van der Waals surface area contributed by atoms with E-state index in [0.717, 1.165) is 5.56 Å². The molecule has 0 saturated heterocycles. The van der Waals surface area contributed by atoms with Crippen molar-refractivity contribution >= 4 is 23.8 Å². The number of ether oxygens (including phenoxy) is 1. The molecule has 0 atom stereocenters. The van der Waals surface area contributed by atoms with Gasteiger partial charge in [-0.05, 0) is 37.3 Å². The molecule has 0 aliphatic carbocycles. The van der Waals surface area contributed by atoms with Gasteiger partial charge in [-0.3, -0.25) is 0 Å². The van der Waals surface area contributed by atoms with E-state index in [2.05, 4.69) is 20.7 Å². The average Bonchev–Trinajstić information content (AvgIpc) is 3.17. The van der Waals surface area contributed by atoms with Gasteiger partial charge >= 0.3 is 0 Å². The fourth-order valence-corrected chi connectivity index (χ4v) is 2.21. The van der Waals surface area contributed by atoms with Gasteiger partial charge in [0.15, 0.2) is 5.82 Å². The lowest BCUT2D eigenvalue weighted by molar-refractivity contribution is 0.414. The predicted octanol–water partition coefficient (Wildman–Crippen LogP) is 2.67. The van der Waals surface area contributed by atoms with E-state index in [4.69, 9.17) is 26.6 Å². The van der Waals surface area contributed by atoms with Crippen LogP contribution in [0.25, 0.3) is 11.3 Å². The molecule has 0 unspecified atom stereocenters. The molecule has 0 spiro atoms. The van der Waals surface area contributed by atoms with Crippen molar-refractivity contribution in [3.63, 3.8) is 0 Å². The molecule has 0 aliphatic rings. The van der Waals surface area contributed by atoms with Crippen LogP contribution in [0.1, 0.15) is 11.6 Å². The van der Waals surface area contributed by atoms with E-state index in [9.17, 15) is 0 Å². The average molecular weight is 347 g/mol. The summed E-state index contributed by atoms with van der Waals surface area (Å²) in [5.41, 5.74) is 3.45. The molecule has 9 heteroatoms. The summed E-state index contributed by atoms with van der Waals surface area (Å²) in [5.74, 6) is 8.44. The number of aryl methyl sites for hydroxylation is 1. The lowest BCUT2D eigenvalue weighted by atomic mass is 10.1. The Morgan fingerprint density at radius 3 is 2.88 bits per heavy atom. The highest BCUT2D eigenvalue weighted by molar-refractivity contribution is 6.30. The minimum Gasteiger partial charge on any atom is -0.496 e. The number of hydrogen-bond acceptors (Lipinski definition) is 7. The van der Waals surface area contributed by atoms with Crippen LogP contribution in [0.4, 0.5) is 5.95 Å². The van der Waals surface area contributed by atoms with Crippen LogP contribution >= 0.6 is 11.6 Å². The van der Waals surface area contributed by atoms with Crippen molar-refractivity contribution < 1.29 is 9.15 Å². The second kappa shape index (κ2) is 6.63. The Morgan fingerprint density at radius 1 is 1.33 bits per heavy atom. The zero-order valence-corrected chi connectivity index (χ0v) is 13.8. The second-order valence-electron chi connectivity index (χ2n) is 4.86. The van der Waals surface area contributed by atoms with Gasteiger partial charge in [0.2, 0.25) is 0 Å². The highest BCUT2D eigenvalue weighted by Gasteiger charge is 2.11. The molecule has 3 rings (SSSR count). The van der Waals surface area contributed by atoms with Gasteiger partial charge in [0, 0.05) is 5.02 Å². The normalized spacial score (nSPS) is 11.1. The Morgan fingerprint density at radius 2 is 2.17 bits per heavy atom. The minimum atomic E-state index is 0.326. The van der Waals surface area contributed by atoms with Gasteiger partial charge in [-0.25, -0.2) is 10.1 Å². The third-order valence-corrected chi connectivity index (χ3v) is 3.51. The molecule has 0 radical (unpaired) electrons. The van der Waals surface area contributed by atoms with E-state index in [1.54, 1.807) is 38.3 Å². The maximum absolute atomic E-state index is 6.04. The maximum atomic E-state index is 6.04. The Bertz CT molecular complexity index is 886. The lowest BCUT2D eigenvalue weighted by Gasteiger charge is -2.06. The quantitative estimate of drug-likeness (QED) is 0.418. The summed E-state index contributed by atoms with van der Waals surface area (Å²) >= 11 is 6.04. The first-order chi connectivity index (χ1) is 11.6. The van der Waals surface area contributed by atoms with E-state index < -0.39 is 0 Å². The maximum Gasteiger partial charge on any atom is 0.263 e. The zero-order chi connectivity index (χ0) is 17.1. The number of halogens is 1. The first-order valence-corrected chi connectivity index (χ1v) is 7.36. The molecule has 0 fully saturated rings. The first-order valence-electron chi connectivity index (χ1n) is 6.98. The number of furan rings is 1. The number of methoxy groups -OCH3 is 1. The van der Waals surface area contributed by atoms with Crippen LogP contribution in [0, 0.1) is 6.92 Å². The zero-order valence-electron chi connectivity index (χ0n) is 13.0. The van der Waals surface area contributed by atoms with Gasteiger partial charge in [-0.1, -0.05) is 11.6 Å². The molecule has 124 valence electrons. The van der Waals surface area contributed by atoms with Crippen molar-refractivity contribution in [1.29, 1.82) is 0 Å². The molecule has 3 aromatic rings. The summed E-state index contributed by atoms with van der Waals surface area (Å²) in [6.07, 6.45) is 1.50.